The van der Waals surface area contributed by atoms with Crippen molar-refractivity contribution in [3.63, 3.8) is 0 Å². The van der Waals surface area contributed by atoms with Gasteiger partial charge in [-0.3, -0.25) is 0 Å². The number of nitrogens with one attached hydrogen (secondary N) is 1. The highest BCUT2D eigenvalue weighted by Gasteiger charge is 2.07. The first-order valence-electron chi connectivity index (χ1n) is 8.43. The summed E-state index contributed by atoms with van der Waals surface area (Å²) in [6, 6.07) is 15.5. The maximum absolute atomic E-state index is 11.1. The van der Waals surface area contributed by atoms with Gasteiger partial charge in [0, 0.05) is 22.7 Å². The molecule has 1 heterocycles. The summed E-state index contributed by atoms with van der Waals surface area (Å²) in [5.41, 5.74) is 4.25. The molecular weight excluding hydrogens is 346 g/mol. The van der Waals surface area contributed by atoms with Crippen LogP contribution in [0.5, 0.6) is 11.5 Å². The Morgan fingerprint density at radius 2 is 1.85 bits per heavy atom. The minimum atomic E-state index is -0.608. The van der Waals surface area contributed by atoms with E-state index in [9.17, 15) is 4.79 Å². The van der Waals surface area contributed by atoms with E-state index in [0.29, 0.717) is 13.2 Å². The van der Waals surface area contributed by atoms with Crippen molar-refractivity contribution in [2.24, 2.45) is 5.10 Å². The van der Waals surface area contributed by atoms with Crippen LogP contribution in [0.4, 0.5) is 4.79 Å². The number of fused-ring (bicyclic) bond motifs is 1. The highest BCUT2D eigenvalue weighted by molar-refractivity contribution is 5.99. The molecule has 1 amide bonds. The topological polar surface area (TPSA) is 74.1 Å². The number of para-hydroxylation sites is 1. The smallest absolute Gasteiger partial charge is 0.427 e. The third-order valence-corrected chi connectivity index (χ3v) is 4.02. The number of benzene rings is 2. The minimum Gasteiger partial charge on any atom is -0.497 e. The van der Waals surface area contributed by atoms with Gasteiger partial charge in [0.15, 0.2) is 0 Å². The third-order valence-electron chi connectivity index (χ3n) is 4.02. The van der Waals surface area contributed by atoms with Crippen LogP contribution in [0.25, 0.3) is 10.9 Å². The molecule has 2 aromatic carbocycles. The molecule has 0 aliphatic rings. The van der Waals surface area contributed by atoms with Crippen molar-refractivity contribution in [2.45, 2.75) is 6.54 Å². The lowest BCUT2D eigenvalue weighted by atomic mass is 10.2. The van der Waals surface area contributed by atoms with Crippen molar-refractivity contribution in [2.75, 3.05) is 20.8 Å². The quantitative estimate of drug-likeness (QED) is 0.513. The SMILES string of the molecule is COC(=O)N/N=C/c1cn(CCOc2ccc(OC)cc2)c2ccccc12. The Labute approximate surface area is 157 Å². The zero-order chi connectivity index (χ0) is 19.1. The van der Waals surface area contributed by atoms with Crippen LogP contribution in [0, 0.1) is 0 Å². The Morgan fingerprint density at radius 3 is 2.59 bits per heavy atom. The summed E-state index contributed by atoms with van der Waals surface area (Å²) >= 11 is 0. The maximum Gasteiger partial charge on any atom is 0.427 e. The second kappa shape index (κ2) is 8.75. The van der Waals surface area contributed by atoms with E-state index in [1.54, 1.807) is 13.3 Å². The molecule has 0 unspecified atom stereocenters. The van der Waals surface area contributed by atoms with Gasteiger partial charge in [-0.05, 0) is 30.3 Å². The average Bonchev–Trinajstić information content (AvgIpc) is 3.06. The number of hydrogen-bond donors (Lipinski definition) is 1. The Bertz CT molecular complexity index is 932. The molecular formula is C20H21N3O4. The summed E-state index contributed by atoms with van der Waals surface area (Å²) in [4.78, 5) is 11.1. The van der Waals surface area contributed by atoms with Crippen LogP contribution in [-0.2, 0) is 11.3 Å². The van der Waals surface area contributed by atoms with Crippen molar-refractivity contribution < 1.29 is 19.0 Å². The van der Waals surface area contributed by atoms with Gasteiger partial charge >= 0.3 is 6.09 Å². The molecule has 0 bridgehead atoms. The molecule has 7 heteroatoms. The Kier molecular flexibility index (Phi) is 5.94. The van der Waals surface area contributed by atoms with E-state index >= 15 is 0 Å². The van der Waals surface area contributed by atoms with E-state index in [-0.39, 0.29) is 0 Å². The summed E-state index contributed by atoms with van der Waals surface area (Å²) < 4.78 is 17.5. The molecule has 3 aromatic rings. The summed E-state index contributed by atoms with van der Waals surface area (Å²) in [6.45, 7) is 1.19. The zero-order valence-corrected chi connectivity index (χ0v) is 15.2. The number of carbonyl (C=O) groups is 1. The number of rotatable bonds is 7. The molecule has 0 aliphatic carbocycles. The Hall–Kier alpha value is -3.48. The van der Waals surface area contributed by atoms with E-state index in [1.165, 1.54) is 7.11 Å². The molecule has 1 N–H and O–H groups in total. The van der Waals surface area contributed by atoms with Crippen molar-refractivity contribution in [1.29, 1.82) is 0 Å². The molecule has 0 saturated heterocycles. The number of amides is 1. The van der Waals surface area contributed by atoms with Crippen LogP contribution in [0.1, 0.15) is 5.56 Å². The van der Waals surface area contributed by atoms with Gasteiger partial charge in [0.1, 0.15) is 18.1 Å². The number of hydrazone groups is 1. The summed E-state index contributed by atoms with van der Waals surface area (Å²) in [7, 11) is 2.92. The lowest BCUT2D eigenvalue weighted by Gasteiger charge is -2.09. The second-order valence-electron chi connectivity index (χ2n) is 5.68. The van der Waals surface area contributed by atoms with E-state index in [4.69, 9.17) is 9.47 Å². The van der Waals surface area contributed by atoms with Gasteiger partial charge < -0.3 is 18.8 Å². The average molecular weight is 367 g/mol. The largest absolute Gasteiger partial charge is 0.497 e. The fraction of sp³-hybridized carbons (Fsp3) is 0.200. The minimum absolute atomic E-state index is 0.516. The molecule has 1 aromatic heterocycles. The molecule has 27 heavy (non-hydrogen) atoms. The molecule has 3 rings (SSSR count). The van der Waals surface area contributed by atoms with Crippen LogP contribution in [0.15, 0.2) is 59.8 Å². The molecule has 0 radical (unpaired) electrons. The molecule has 0 atom stereocenters. The highest BCUT2D eigenvalue weighted by Crippen LogP contribution is 2.21. The van der Waals surface area contributed by atoms with Gasteiger partial charge in [-0.2, -0.15) is 5.10 Å². The van der Waals surface area contributed by atoms with Crippen LogP contribution in [0.2, 0.25) is 0 Å². The first-order chi connectivity index (χ1) is 13.2. The molecule has 0 saturated carbocycles. The van der Waals surface area contributed by atoms with E-state index in [2.05, 4.69) is 19.8 Å². The maximum atomic E-state index is 11.1. The lowest BCUT2D eigenvalue weighted by molar-refractivity contribution is 0.171. The van der Waals surface area contributed by atoms with Crippen molar-refractivity contribution in [3.8, 4) is 11.5 Å². The van der Waals surface area contributed by atoms with Gasteiger partial charge in [-0.15, -0.1) is 0 Å². The van der Waals surface area contributed by atoms with Crippen molar-refractivity contribution in [3.05, 3.63) is 60.3 Å². The second-order valence-corrected chi connectivity index (χ2v) is 5.68. The number of methoxy groups -OCH3 is 2. The first kappa shape index (κ1) is 18.3. The van der Waals surface area contributed by atoms with E-state index in [0.717, 1.165) is 28.0 Å². The lowest BCUT2D eigenvalue weighted by Crippen LogP contribution is -2.16. The molecule has 140 valence electrons. The fourth-order valence-corrected chi connectivity index (χ4v) is 2.70. The van der Waals surface area contributed by atoms with Crippen LogP contribution in [-0.4, -0.2) is 37.7 Å². The van der Waals surface area contributed by atoms with Gasteiger partial charge in [-0.25, -0.2) is 10.2 Å². The van der Waals surface area contributed by atoms with Gasteiger partial charge in [-0.1, -0.05) is 18.2 Å². The normalized spacial score (nSPS) is 10.9. The summed E-state index contributed by atoms with van der Waals surface area (Å²) in [5.74, 6) is 1.58. The number of ether oxygens (including phenoxy) is 3. The third kappa shape index (κ3) is 4.58. The highest BCUT2D eigenvalue weighted by atomic mass is 16.5. The Morgan fingerprint density at radius 1 is 1.11 bits per heavy atom. The van der Waals surface area contributed by atoms with Crippen molar-refractivity contribution in [1.82, 2.24) is 9.99 Å². The van der Waals surface area contributed by atoms with Gasteiger partial charge in [0.05, 0.1) is 27.0 Å². The number of nitrogens with zero attached hydrogens (tertiary/aromatic N) is 2. The molecule has 0 spiro atoms. The molecule has 0 aliphatic heterocycles. The standard InChI is InChI=1S/C20H21N3O4/c1-25-16-7-9-17(10-8-16)27-12-11-23-14-15(13-21-22-20(24)26-2)18-5-3-4-6-19(18)23/h3-10,13-14H,11-12H2,1-2H3,(H,22,24)/b21-13+. The number of hydrogen-bond acceptors (Lipinski definition) is 5. The molecule has 0 fully saturated rings. The van der Waals surface area contributed by atoms with Crippen LogP contribution >= 0.6 is 0 Å². The van der Waals surface area contributed by atoms with Gasteiger partial charge in [0.25, 0.3) is 0 Å². The van der Waals surface area contributed by atoms with Gasteiger partial charge in [0.2, 0.25) is 0 Å². The van der Waals surface area contributed by atoms with E-state index < -0.39 is 6.09 Å². The van der Waals surface area contributed by atoms with Crippen LogP contribution < -0.4 is 14.9 Å². The van der Waals surface area contributed by atoms with E-state index in [1.807, 2.05) is 54.7 Å². The summed E-state index contributed by atoms with van der Waals surface area (Å²) in [6.07, 6.45) is 2.97. The number of carbonyl (C=O) groups excluding carboxylic acids is 1. The first-order valence-corrected chi connectivity index (χ1v) is 8.43. The monoisotopic (exact) mass is 367 g/mol. The number of aromatic nitrogens is 1. The predicted octanol–water partition coefficient (Wildman–Crippen LogP) is 3.42. The van der Waals surface area contributed by atoms with Crippen molar-refractivity contribution >= 4 is 23.2 Å². The predicted molar refractivity (Wildman–Crippen MR) is 104 cm³/mol. The fourth-order valence-electron chi connectivity index (χ4n) is 2.70. The summed E-state index contributed by atoms with van der Waals surface area (Å²) in [5, 5.41) is 4.95. The Balaban J connectivity index is 1.69. The molecule has 7 nitrogen and oxygen atoms in total. The van der Waals surface area contributed by atoms with Crippen LogP contribution in [0.3, 0.4) is 0 Å². The zero-order valence-electron chi connectivity index (χ0n) is 15.2.